The Balaban J connectivity index is -0.000000115. The quantitative estimate of drug-likeness (QED) is 0.567. The molecule has 0 bridgehead atoms. The average molecular weight is 171 g/mol. The van der Waals surface area contributed by atoms with E-state index in [1.165, 1.54) is 21.0 Å². The van der Waals surface area contributed by atoms with E-state index >= 15 is 0 Å². The van der Waals surface area contributed by atoms with Crippen LogP contribution in [-0.4, -0.2) is 19.6 Å². The Hall–Kier alpha value is -1.59. The maximum atomic E-state index is 9.83. The second-order valence-corrected chi connectivity index (χ2v) is 1.23. The summed E-state index contributed by atoms with van der Waals surface area (Å²) in [6.45, 7) is 2.83. The highest BCUT2D eigenvalue weighted by atomic mass is 16.5. The van der Waals surface area contributed by atoms with Gasteiger partial charge in [0.05, 0.1) is 25.8 Å². The molecule has 2 N–H and O–H groups in total. The van der Waals surface area contributed by atoms with E-state index in [9.17, 15) is 4.79 Å². The topological polar surface area (TPSA) is 99.9 Å². The number of esters is 1. The SMILES string of the molecule is CC#N.CC#N.COC(=O)CN. The molecule has 0 rings (SSSR count). The molecule has 0 saturated heterocycles. The molecular weight excluding hydrogens is 158 g/mol. The third-order valence-electron chi connectivity index (χ3n) is 0.394. The first-order chi connectivity index (χ1) is 5.64. The molecule has 0 saturated carbocycles. The maximum Gasteiger partial charge on any atom is 0.319 e. The van der Waals surface area contributed by atoms with Gasteiger partial charge in [-0.1, -0.05) is 0 Å². The van der Waals surface area contributed by atoms with Crippen LogP contribution in [0.4, 0.5) is 0 Å². The highest BCUT2D eigenvalue weighted by molar-refractivity contribution is 5.70. The van der Waals surface area contributed by atoms with Gasteiger partial charge in [0.25, 0.3) is 0 Å². The summed E-state index contributed by atoms with van der Waals surface area (Å²) >= 11 is 0. The standard InChI is InChI=1S/C3H7NO2.2C2H3N/c1-6-3(5)2-4;2*1-2-3/h2,4H2,1H3;2*1H3. The number of hydrogen-bond acceptors (Lipinski definition) is 5. The first-order valence-electron chi connectivity index (χ1n) is 3.03. The molecule has 0 spiro atoms. The van der Waals surface area contributed by atoms with Crippen LogP contribution in [0.2, 0.25) is 0 Å². The zero-order valence-electron chi connectivity index (χ0n) is 7.50. The highest BCUT2D eigenvalue weighted by Crippen LogP contribution is 1.61. The van der Waals surface area contributed by atoms with E-state index < -0.39 is 0 Å². The van der Waals surface area contributed by atoms with E-state index in [0.29, 0.717) is 0 Å². The minimum Gasteiger partial charge on any atom is -0.468 e. The Morgan fingerprint density at radius 3 is 1.67 bits per heavy atom. The summed E-state index contributed by atoms with van der Waals surface area (Å²) < 4.78 is 4.14. The molecule has 0 aliphatic rings. The van der Waals surface area contributed by atoms with Crippen molar-refractivity contribution in [3.05, 3.63) is 0 Å². The highest BCUT2D eigenvalue weighted by Gasteiger charge is 1.87. The van der Waals surface area contributed by atoms with Gasteiger partial charge in [-0.25, -0.2) is 0 Å². The molecule has 0 fully saturated rings. The van der Waals surface area contributed by atoms with E-state index in [-0.39, 0.29) is 12.5 Å². The van der Waals surface area contributed by atoms with Crippen LogP contribution in [0.25, 0.3) is 0 Å². The van der Waals surface area contributed by atoms with Gasteiger partial charge in [0.2, 0.25) is 0 Å². The Bertz CT molecular complexity index is 148. The van der Waals surface area contributed by atoms with Gasteiger partial charge in [-0.3, -0.25) is 4.79 Å². The lowest BCUT2D eigenvalue weighted by atomic mass is 10.7. The lowest BCUT2D eigenvalue weighted by Crippen LogP contribution is -2.14. The Morgan fingerprint density at radius 1 is 1.42 bits per heavy atom. The maximum absolute atomic E-state index is 9.83. The van der Waals surface area contributed by atoms with Crippen molar-refractivity contribution in [2.24, 2.45) is 5.73 Å². The summed E-state index contributed by atoms with van der Waals surface area (Å²) in [7, 11) is 1.30. The Morgan fingerprint density at radius 2 is 1.67 bits per heavy atom. The van der Waals surface area contributed by atoms with Gasteiger partial charge in [-0.2, -0.15) is 10.5 Å². The summed E-state index contributed by atoms with van der Waals surface area (Å²) in [6.07, 6.45) is 0. The van der Waals surface area contributed by atoms with Gasteiger partial charge in [0.15, 0.2) is 0 Å². The number of nitriles is 2. The summed E-state index contributed by atoms with van der Waals surface area (Å²) in [6, 6.07) is 3.50. The van der Waals surface area contributed by atoms with E-state index in [4.69, 9.17) is 16.3 Å². The van der Waals surface area contributed by atoms with Crippen molar-refractivity contribution in [3.63, 3.8) is 0 Å². The van der Waals surface area contributed by atoms with Crippen LogP contribution in [0.5, 0.6) is 0 Å². The molecular formula is C7H13N3O2. The van der Waals surface area contributed by atoms with Crippen LogP contribution in [0.1, 0.15) is 13.8 Å². The van der Waals surface area contributed by atoms with Crippen molar-refractivity contribution >= 4 is 5.97 Å². The average Bonchev–Trinajstić information content (AvgIpc) is 2.06. The number of ether oxygens (including phenoxy) is 1. The first-order valence-corrected chi connectivity index (χ1v) is 3.03. The van der Waals surface area contributed by atoms with E-state index in [1.54, 1.807) is 12.1 Å². The van der Waals surface area contributed by atoms with Crippen LogP contribution in [0, 0.1) is 22.7 Å². The summed E-state index contributed by atoms with van der Waals surface area (Å²) in [5.41, 5.74) is 4.81. The van der Waals surface area contributed by atoms with Crippen LogP contribution in [-0.2, 0) is 9.53 Å². The normalized spacial score (nSPS) is 5.17. The smallest absolute Gasteiger partial charge is 0.319 e. The number of rotatable bonds is 1. The molecule has 0 amide bonds. The van der Waals surface area contributed by atoms with Crippen molar-refractivity contribution < 1.29 is 9.53 Å². The molecule has 0 unspecified atom stereocenters. The Labute approximate surface area is 72.3 Å². The van der Waals surface area contributed by atoms with Crippen molar-refractivity contribution in [3.8, 4) is 12.1 Å². The number of hydrogen-bond donors (Lipinski definition) is 1. The fourth-order valence-corrected chi connectivity index (χ4v) is 0.0833. The monoisotopic (exact) mass is 171 g/mol. The number of methoxy groups -OCH3 is 1. The largest absolute Gasteiger partial charge is 0.468 e. The second kappa shape index (κ2) is 22.7. The van der Waals surface area contributed by atoms with Crippen LogP contribution in [0.3, 0.4) is 0 Å². The minimum absolute atomic E-state index is 0.0312. The van der Waals surface area contributed by atoms with Crippen molar-refractivity contribution in [2.45, 2.75) is 13.8 Å². The van der Waals surface area contributed by atoms with Crippen LogP contribution < -0.4 is 5.73 Å². The zero-order valence-corrected chi connectivity index (χ0v) is 7.50. The molecule has 12 heavy (non-hydrogen) atoms. The van der Waals surface area contributed by atoms with Crippen molar-refractivity contribution in [1.29, 1.82) is 10.5 Å². The molecule has 0 aromatic rings. The Kier molecular flexibility index (Phi) is 31.8. The van der Waals surface area contributed by atoms with Gasteiger partial charge in [-0.05, 0) is 0 Å². The molecule has 0 aromatic carbocycles. The number of carbonyl (C=O) groups excluding carboxylic acids is 1. The van der Waals surface area contributed by atoms with Gasteiger partial charge in [0, 0.05) is 13.8 Å². The number of nitrogens with zero attached hydrogens (tertiary/aromatic N) is 2. The third-order valence-corrected chi connectivity index (χ3v) is 0.394. The minimum atomic E-state index is -0.380. The van der Waals surface area contributed by atoms with Gasteiger partial charge >= 0.3 is 5.97 Å². The summed E-state index contributed by atoms with van der Waals surface area (Å²) in [5.74, 6) is -0.380. The molecule has 5 heteroatoms. The number of nitrogens with two attached hydrogens (primary N) is 1. The third kappa shape index (κ3) is 79.5. The molecule has 68 valence electrons. The predicted molar refractivity (Wildman–Crippen MR) is 43.6 cm³/mol. The second-order valence-electron chi connectivity index (χ2n) is 1.23. The molecule has 0 radical (unpaired) electrons. The molecule has 0 aromatic heterocycles. The van der Waals surface area contributed by atoms with Gasteiger partial charge in [-0.15, -0.1) is 0 Å². The van der Waals surface area contributed by atoms with Gasteiger partial charge < -0.3 is 10.5 Å². The van der Waals surface area contributed by atoms with E-state index in [2.05, 4.69) is 4.74 Å². The van der Waals surface area contributed by atoms with Crippen molar-refractivity contribution in [2.75, 3.05) is 13.7 Å². The van der Waals surface area contributed by atoms with E-state index in [0.717, 1.165) is 0 Å². The van der Waals surface area contributed by atoms with E-state index in [1.807, 2.05) is 0 Å². The summed E-state index contributed by atoms with van der Waals surface area (Å²) in [4.78, 5) is 9.83. The molecule has 0 aliphatic carbocycles. The van der Waals surface area contributed by atoms with Crippen LogP contribution >= 0.6 is 0 Å². The fraction of sp³-hybridized carbons (Fsp3) is 0.571. The molecule has 0 heterocycles. The number of carbonyl (C=O) groups is 1. The zero-order chi connectivity index (χ0) is 10.4. The lowest BCUT2D eigenvalue weighted by Gasteiger charge is -1.87. The molecule has 5 nitrogen and oxygen atoms in total. The summed E-state index contributed by atoms with van der Waals surface area (Å²) in [5, 5.41) is 14.6. The van der Waals surface area contributed by atoms with Crippen molar-refractivity contribution in [1.82, 2.24) is 0 Å². The predicted octanol–water partition coefficient (Wildman–Crippen LogP) is 0.178. The molecule has 0 atom stereocenters. The first kappa shape index (κ1) is 16.8. The fourth-order valence-electron chi connectivity index (χ4n) is 0.0833. The molecule has 0 aliphatic heterocycles. The van der Waals surface area contributed by atoms with Crippen LogP contribution in [0.15, 0.2) is 0 Å². The van der Waals surface area contributed by atoms with Gasteiger partial charge in [0.1, 0.15) is 0 Å². The lowest BCUT2D eigenvalue weighted by molar-refractivity contribution is -0.138.